The van der Waals surface area contributed by atoms with Gasteiger partial charge in [-0.05, 0) is 30.7 Å². The van der Waals surface area contributed by atoms with Gasteiger partial charge >= 0.3 is 0 Å². The van der Waals surface area contributed by atoms with Crippen molar-refractivity contribution in [2.24, 2.45) is 0 Å². The molecule has 1 aliphatic carbocycles. The first-order valence-corrected chi connectivity index (χ1v) is 6.14. The number of hydrogen-bond donors (Lipinski definition) is 1. The van der Waals surface area contributed by atoms with Crippen LogP contribution in [-0.4, -0.2) is 15.3 Å². The zero-order chi connectivity index (χ0) is 12.5. The van der Waals surface area contributed by atoms with E-state index in [1.807, 2.05) is 24.5 Å². The Hall–Kier alpha value is -2.10. The molecule has 0 bridgehead atoms. The second kappa shape index (κ2) is 4.29. The van der Waals surface area contributed by atoms with Gasteiger partial charge in [0, 0.05) is 24.0 Å². The third-order valence-electron chi connectivity index (χ3n) is 3.22. The first-order valence-electron chi connectivity index (χ1n) is 6.14. The molecule has 0 radical (unpaired) electrons. The highest BCUT2D eigenvalue weighted by Gasteiger charge is 2.26. The summed E-state index contributed by atoms with van der Waals surface area (Å²) in [6.07, 6.45) is 8.22. The molecule has 92 valence electrons. The first kappa shape index (κ1) is 11.0. The van der Waals surface area contributed by atoms with Crippen molar-refractivity contribution in [1.29, 1.82) is 0 Å². The van der Waals surface area contributed by atoms with Crippen molar-refractivity contribution in [3.8, 4) is 0 Å². The minimum atomic E-state index is -0.0440. The van der Waals surface area contributed by atoms with Gasteiger partial charge in [-0.25, -0.2) is 4.98 Å². The van der Waals surface area contributed by atoms with Crippen molar-refractivity contribution in [2.45, 2.75) is 25.2 Å². The van der Waals surface area contributed by atoms with E-state index in [2.05, 4.69) is 21.3 Å². The van der Waals surface area contributed by atoms with Crippen molar-refractivity contribution < 1.29 is 4.79 Å². The smallest absolute Gasteiger partial charge is 0.228 e. The molecule has 1 aliphatic rings. The SMILES string of the molecule is C=CNC(=O)Cc1ccc2ncc(C3CC3)n2c1. The minimum absolute atomic E-state index is 0.0440. The fourth-order valence-electron chi connectivity index (χ4n) is 2.18. The fourth-order valence-corrected chi connectivity index (χ4v) is 2.18. The molecule has 0 saturated heterocycles. The zero-order valence-electron chi connectivity index (χ0n) is 10.1. The van der Waals surface area contributed by atoms with E-state index in [-0.39, 0.29) is 5.91 Å². The summed E-state index contributed by atoms with van der Waals surface area (Å²) in [6, 6.07) is 3.91. The lowest BCUT2D eigenvalue weighted by Crippen LogP contribution is -2.19. The number of imidazole rings is 1. The maximum absolute atomic E-state index is 11.5. The zero-order valence-corrected chi connectivity index (χ0v) is 10.1. The van der Waals surface area contributed by atoms with Crippen LogP contribution in [0.5, 0.6) is 0 Å². The fraction of sp³-hybridized carbons (Fsp3) is 0.286. The van der Waals surface area contributed by atoms with Crippen LogP contribution in [0, 0.1) is 0 Å². The van der Waals surface area contributed by atoms with Gasteiger partial charge in [-0.15, -0.1) is 0 Å². The van der Waals surface area contributed by atoms with E-state index in [0.29, 0.717) is 12.3 Å². The average molecular weight is 241 g/mol. The first-order chi connectivity index (χ1) is 8.78. The number of rotatable bonds is 4. The molecular formula is C14H15N3O. The van der Waals surface area contributed by atoms with E-state index < -0.39 is 0 Å². The Morgan fingerprint density at radius 2 is 2.39 bits per heavy atom. The van der Waals surface area contributed by atoms with Crippen molar-refractivity contribution in [1.82, 2.24) is 14.7 Å². The van der Waals surface area contributed by atoms with Crippen molar-refractivity contribution in [3.05, 3.63) is 48.6 Å². The van der Waals surface area contributed by atoms with Gasteiger partial charge in [0.2, 0.25) is 5.91 Å². The molecule has 4 nitrogen and oxygen atoms in total. The number of nitrogens with one attached hydrogen (secondary N) is 1. The van der Waals surface area contributed by atoms with Gasteiger partial charge in [-0.1, -0.05) is 12.6 Å². The van der Waals surface area contributed by atoms with Gasteiger partial charge in [0.15, 0.2) is 0 Å². The summed E-state index contributed by atoms with van der Waals surface area (Å²) >= 11 is 0. The van der Waals surface area contributed by atoms with Crippen LogP contribution in [-0.2, 0) is 11.2 Å². The molecule has 2 aromatic heterocycles. The van der Waals surface area contributed by atoms with E-state index in [1.165, 1.54) is 24.7 Å². The van der Waals surface area contributed by atoms with E-state index in [0.717, 1.165) is 11.2 Å². The number of hydrogen-bond acceptors (Lipinski definition) is 2. The predicted molar refractivity (Wildman–Crippen MR) is 69.2 cm³/mol. The van der Waals surface area contributed by atoms with Crippen LogP contribution in [0.4, 0.5) is 0 Å². The Morgan fingerprint density at radius 3 is 3.11 bits per heavy atom. The summed E-state index contributed by atoms with van der Waals surface area (Å²) < 4.78 is 2.11. The topological polar surface area (TPSA) is 46.4 Å². The second-order valence-corrected chi connectivity index (χ2v) is 4.67. The number of aromatic nitrogens is 2. The van der Waals surface area contributed by atoms with Gasteiger partial charge < -0.3 is 9.72 Å². The molecule has 3 rings (SSSR count). The van der Waals surface area contributed by atoms with Crippen LogP contribution in [0.1, 0.15) is 30.0 Å². The summed E-state index contributed by atoms with van der Waals surface area (Å²) in [5, 5.41) is 2.59. The van der Waals surface area contributed by atoms with Crippen molar-refractivity contribution >= 4 is 11.6 Å². The summed E-state index contributed by atoms with van der Waals surface area (Å²) in [5.41, 5.74) is 3.20. The lowest BCUT2D eigenvalue weighted by molar-refractivity contribution is -0.119. The van der Waals surface area contributed by atoms with Gasteiger partial charge in [0.25, 0.3) is 0 Å². The van der Waals surface area contributed by atoms with Crippen LogP contribution < -0.4 is 5.32 Å². The minimum Gasteiger partial charge on any atom is -0.333 e. The van der Waals surface area contributed by atoms with Gasteiger partial charge in [0.05, 0.1) is 6.42 Å². The molecule has 0 atom stereocenters. The quantitative estimate of drug-likeness (QED) is 0.890. The second-order valence-electron chi connectivity index (χ2n) is 4.67. The molecule has 2 aromatic rings. The molecule has 1 fully saturated rings. The molecule has 1 saturated carbocycles. The van der Waals surface area contributed by atoms with Gasteiger partial charge in [-0.3, -0.25) is 4.79 Å². The third kappa shape index (κ3) is 2.01. The Morgan fingerprint density at radius 1 is 1.56 bits per heavy atom. The molecule has 4 heteroatoms. The summed E-state index contributed by atoms with van der Waals surface area (Å²) in [4.78, 5) is 15.9. The van der Waals surface area contributed by atoms with Crippen LogP contribution in [0.25, 0.3) is 5.65 Å². The van der Waals surface area contributed by atoms with Crippen LogP contribution in [0.15, 0.2) is 37.3 Å². The number of amides is 1. The van der Waals surface area contributed by atoms with Crippen LogP contribution in [0.3, 0.4) is 0 Å². The molecule has 0 spiro atoms. The lowest BCUT2D eigenvalue weighted by Gasteiger charge is -2.04. The lowest BCUT2D eigenvalue weighted by atomic mass is 10.2. The summed E-state index contributed by atoms with van der Waals surface area (Å²) in [6.45, 7) is 3.48. The molecule has 0 unspecified atom stereocenters. The highest BCUT2D eigenvalue weighted by molar-refractivity contribution is 5.79. The number of carbonyl (C=O) groups is 1. The molecular weight excluding hydrogens is 226 g/mol. The highest BCUT2D eigenvalue weighted by atomic mass is 16.1. The van der Waals surface area contributed by atoms with Gasteiger partial charge in [0.1, 0.15) is 5.65 Å². The standard InChI is InChI=1S/C14H15N3O/c1-2-15-14(18)7-10-3-6-13-16-8-12(11-4-5-11)17(13)9-10/h2-3,6,8-9,11H,1,4-5,7H2,(H,15,18). The summed E-state index contributed by atoms with van der Waals surface area (Å²) in [5.74, 6) is 0.606. The monoisotopic (exact) mass is 241 g/mol. The van der Waals surface area contributed by atoms with E-state index in [9.17, 15) is 4.79 Å². The number of fused-ring (bicyclic) bond motifs is 1. The van der Waals surface area contributed by atoms with Gasteiger partial charge in [-0.2, -0.15) is 0 Å². The number of carbonyl (C=O) groups excluding carboxylic acids is 1. The van der Waals surface area contributed by atoms with Crippen molar-refractivity contribution in [2.75, 3.05) is 0 Å². The number of nitrogens with zero attached hydrogens (tertiary/aromatic N) is 2. The third-order valence-corrected chi connectivity index (χ3v) is 3.22. The Kier molecular flexibility index (Phi) is 2.63. The summed E-state index contributed by atoms with van der Waals surface area (Å²) in [7, 11) is 0. The maximum atomic E-state index is 11.5. The molecule has 1 amide bonds. The number of pyridine rings is 1. The largest absolute Gasteiger partial charge is 0.333 e. The van der Waals surface area contributed by atoms with Crippen LogP contribution >= 0.6 is 0 Å². The van der Waals surface area contributed by atoms with E-state index >= 15 is 0 Å². The molecule has 2 heterocycles. The Bertz CT molecular complexity index is 611. The molecule has 0 aliphatic heterocycles. The molecule has 18 heavy (non-hydrogen) atoms. The average Bonchev–Trinajstić information content (AvgIpc) is 3.10. The van der Waals surface area contributed by atoms with Crippen LogP contribution in [0.2, 0.25) is 0 Å². The molecule has 0 aromatic carbocycles. The maximum Gasteiger partial charge on any atom is 0.228 e. The Balaban J connectivity index is 1.91. The normalized spacial score (nSPS) is 14.7. The van der Waals surface area contributed by atoms with E-state index in [4.69, 9.17) is 0 Å². The molecule has 1 N–H and O–H groups in total. The Labute approximate surface area is 105 Å². The van der Waals surface area contributed by atoms with Crippen molar-refractivity contribution in [3.63, 3.8) is 0 Å². The predicted octanol–water partition coefficient (Wildman–Crippen LogP) is 2.01. The highest BCUT2D eigenvalue weighted by Crippen LogP contribution is 2.40. The van der Waals surface area contributed by atoms with E-state index in [1.54, 1.807) is 0 Å².